The largest absolute Gasteiger partial charge is 0.495 e. The summed E-state index contributed by atoms with van der Waals surface area (Å²) in [5, 5.41) is 11.3. The van der Waals surface area contributed by atoms with Gasteiger partial charge in [-0.15, -0.1) is 0 Å². The lowest BCUT2D eigenvalue weighted by molar-refractivity contribution is -0.138. The first-order chi connectivity index (χ1) is 9.38. The van der Waals surface area contributed by atoms with Gasteiger partial charge in [-0.3, -0.25) is 9.59 Å². The standard InChI is InChI=1S/C12H15ClN2O5/c1-19-9-5-10(20-2)8(3-6(9)13)15-12(18)7(14)4-11(16)17/h3,5,7H,4,14H2,1-2H3,(H,15,18)(H,16,17). The highest BCUT2D eigenvalue weighted by molar-refractivity contribution is 6.32. The molecule has 0 fully saturated rings. The highest BCUT2D eigenvalue weighted by Crippen LogP contribution is 2.35. The molecule has 20 heavy (non-hydrogen) atoms. The summed E-state index contributed by atoms with van der Waals surface area (Å²) in [6.07, 6.45) is -0.474. The van der Waals surface area contributed by atoms with E-state index in [2.05, 4.69) is 5.32 Å². The number of rotatable bonds is 6. The Kier molecular flexibility index (Phi) is 5.60. The number of ether oxygens (including phenoxy) is 2. The Morgan fingerprint density at radius 2 is 1.95 bits per heavy atom. The van der Waals surface area contributed by atoms with Gasteiger partial charge in [0.1, 0.15) is 11.5 Å². The third kappa shape index (κ3) is 4.01. The van der Waals surface area contributed by atoms with Crippen molar-refractivity contribution in [1.82, 2.24) is 0 Å². The first-order valence-corrected chi connectivity index (χ1v) is 5.96. The number of halogens is 1. The van der Waals surface area contributed by atoms with Gasteiger partial charge in [-0.25, -0.2) is 0 Å². The van der Waals surface area contributed by atoms with Crippen molar-refractivity contribution in [3.05, 3.63) is 17.2 Å². The molecule has 0 radical (unpaired) electrons. The monoisotopic (exact) mass is 302 g/mol. The van der Waals surface area contributed by atoms with E-state index in [1.807, 2.05) is 0 Å². The van der Waals surface area contributed by atoms with Gasteiger partial charge in [0.25, 0.3) is 0 Å². The van der Waals surface area contributed by atoms with Gasteiger partial charge in [-0.05, 0) is 6.07 Å². The number of carboxylic acids is 1. The summed E-state index contributed by atoms with van der Waals surface area (Å²) >= 11 is 5.95. The highest BCUT2D eigenvalue weighted by atomic mass is 35.5. The lowest BCUT2D eigenvalue weighted by Gasteiger charge is -2.15. The summed E-state index contributed by atoms with van der Waals surface area (Å²) in [7, 11) is 2.86. The third-order valence-electron chi connectivity index (χ3n) is 2.46. The zero-order valence-electron chi connectivity index (χ0n) is 11.0. The summed E-state index contributed by atoms with van der Waals surface area (Å²) in [6, 6.07) is 1.77. The van der Waals surface area contributed by atoms with E-state index in [1.165, 1.54) is 26.4 Å². The molecule has 1 aromatic rings. The number of carboxylic acid groups (broad SMARTS) is 1. The van der Waals surface area contributed by atoms with E-state index in [0.29, 0.717) is 11.5 Å². The van der Waals surface area contributed by atoms with Crippen molar-refractivity contribution in [2.45, 2.75) is 12.5 Å². The van der Waals surface area contributed by atoms with Crippen LogP contribution in [-0.2, 0) is 9.59 Å². The summed E-state index contributed by atoms with van der Waals surface area (Å²) in [5.74, 6) is -1.10. The Labute approximate surface area is 120 Å². The summed E-state index contributed by atoms with van der Waals surface area (Å²) in [6.45, 7) is 0. The van der Waals surface area contributed by atoms with E-state index in [9.17, 15) is 9.59 Å². The number of nitrogens with one attached hydrogen (secondary N) is 1. The second kappa shape index (κ2) is 6.97. The molecule has 0 bridgehead atoms. The normalized spacial score (nSPS) is 11.6. The van der Waals surface area contributed by atoms with E-state index in [1.54, 1.807) is 0 Å². The number of carbonyl (C=O) groups excluding carboxylic acids is 1. The van der Waals surface area contributed by atoms with Crippen LogP contribution in [0.15, 0.2) is 12.1 Å². The lowest BCUT2D eigenvalue weighted by atomic mass is 10.2. The van der Waals surface area contributed by atoms with Gasteiger partial charge in [0.2, 0.25) is 5.91 Å². The van der Waals surface area contributed by atoms with Crippen molar-refractivity contribution in [2.24, 2.45) is 5.73 Å². The molecule has 0 saturated heterocycles. The van der Waals surface area contributed by atoms with Gasteiger partial charge < -0.3 is 25.6 Å². The average molecular weight is 303 g/mol. The van der Waals surface area contributed by atoms with Crippen molar-refractivity contribution in [3.63, 3.8) is 0 Å². The molecule has 0 saturated carbocycles. The van der Waals surface area contributed by atoms with E-state index in [-0.39, 0.29) is 10.7 Å². The number of methoxy groups -OCH3 is 2. The van der Waals surface area contributed by atoms with Crippen LogP contribution in [0.4, 0.5) is 5.69 Å². The third-order valence-corrected chi connectivity index (χ3v) is 2.76. The average Bonchev–Trinajstić information content (AvgIpc) is 2.38. The molecular weight excluding hydrogens is 288 g/mol. The van der Waals surface area contributed by atoms with Gasteiger partial charge in [0.15, 0.2) is 0 Å². The predicted molar refractivity (Wildman–Crippen MR) is 73.4 cm³/mol. The fraction of sp³-hybridized carbons (Fsp3) is 0.333. The van der Waals surface area contributed by atoms with E-state index < -0.39 is 24.3 Å². The van der Waals surface area contributed by atoms with Crippen LogP contribution in [0.3, 0.4) is 0 Å². The molecule has 1 rings (SSSR count). The molecule has 1 amide bonds. The molecular formula is C12H15ClN2O5. The summed E-state index contributed by atoms with van der Waals surface area (Å²) < 4.78 is 10.1. The van der Waals surface area contributed by atoms with Crippen LogP contribution in [0.5, 0.6) is 11.5 Å². The molecule has 0 aromatic heterocycles. The maximum atomic E-state index is 11.8. The van der Waals surface area contributed by atoms with Gasteiger partial charge >= 0.3 is 5.97 Å². The minimum Gasteiger partial charge on any atom is -0.495 e. The van der Waals surface area contributed by atoms with Crippen molar-refractivity contribution in [2.75, 3.05) is 19.5 Å². The first-order valence-electron chi connectivity index (χ1n) is 5.58. The smallest absolute Gasteiger partial charge is 0.305 e. The Hall–Kier alpha value is -1.99. The maximum absolute atomic E-state index is 11.8. The number of hydrogen-bond acceptors (Lipinski definition) is 5. The topological polar surface area (TPSA) is 111 Å². The Bertz CT molecular complexity index is 521. The summed E-state index contributed by atoms with van der Waals surface area (Å²) in [4.78, 5) is 22.3. The molecule has 0 aliphatic heterocycles. The minimum atomic E-state index is -1.17. The number of benzene rings is 1. The molecule has 0 aliphatic rings. The van der Waals surface area contributed by atoms with Gasteiger partial charge in [0.05, 0.1) is 37.4 Å². The minimum absolute atomic E-state index is 0.274. The van der Waals surface area contributed by atoms with Crippen molar-refractivity contribution >= 4 is 29.2 Å². The fourth-order valence-electron chi connectivity index (χ4n) is 1.46. The molecule has 4 N–H and O–H groups in total. The molecule has 7 nitrogen and oxygen atoms in total. The number of amides is 1. The molecule has 1 aromatic carbocycles. The number of anilines is 1. The highest BCUT2D eigenvalue weighted by Gasteiger charge is 2.19. The number of hydrogen-bond donors (Lipinski definition) is 3. The quantitative estimate of drug-likeness (QED) is 0.725. The zero-order chi connectivity index (χ0) is 15.3. The predicted octanol–water partition coefficient (Wildman–Crippen LogP) is 1.10. The van der Waals surface area contributed by atoms with Crippen molar-refractivity contribution < 1.29 is 24.2 Å². The van der Waals surface area contributed by atoms with Gasteiger partial charge in [-0.2, -0.15) is 0 Å². The second-order valence-electron chi connectivity index (χ2n) is 3.88. The number of aliphatic carboxylic acids is 1. The molecule has 0 heterocycles. The molecule has 0 spiro atoms. The van der Waals surface area contributed by atoms with Crippen LogP contribution in [-0.4, -0.2) is 37.2 Å². The molecule has 110 valence electrons. The molecule has 0 aliphatic carbocycles. The fourth-order valence-corrected chi connectivity index (χ4v) is 1.70. The van der Waals surface area contributed by atoms with E-state index in [4.69, 9.17) is 31.9 Å². The number of nitrogens with two attached hydrogens (primary N) is 1. The van der Waals surface area contributed by atoms with Crippen LogP contribution in [0.2, 0.25) is 5.02 Å². The Morgan fingerprint density at radius 3 is 2.45 bits per heavy atom. The van der Waals surface area contributed by atoms with E-state index in [0.717, 1.165) is 0 Å². The lowest BCUT2D eigenvalue weighted by Crippen LogP contribution is -2.37. The zero-order valence-corrected chi connectivity index (χ0v) is 11.7. The van der Waals surface area contributed by atoms with Crippen molar-refractivity contribution in [1.29, 1.82) is 0 Å². The molecule has 1 atom stereocenters. The van der Waals surface area contributed by atoms with Crippen LogP contribution >= 0.6 is 11.6 Å². The SMILES string of the molecule is COc1cc(OC)c(NC(=O)C(N)CC(=O)O)cc1Cl. The number of carbonyl (C=O) groups is 2. The van der Waals surface area contributed by atoms with Crippen LogP contribution in [0.25, 0.3) is 0 Å². The van der Waals surface area contributed by atoms with E-state index >= 15 is 0 Å². The Morgan fingerprint density at radius 1 is 1.35 bits per heavy atom. The molecule has 8 heteroatoms. The van der Waals surface area contributed by atoms with Crippen molar-refractivity contribution in [3.8, 4) is 11.5 Å². The Balaban J connectivity index is 2.94. The summed E-state index contributed by atoms with van der Waals surface area (Å²) in [5.41, 5.74) is 5.74. The van der Waals surface area contributed by atoms with Gasteiger partial charge in [0, 0.05) is 6.07 Å². The molecule has 1 unspecified atom stereocenters. The maximum Gasteiger partial charge on any atom is 0.305 e. The first kappa shape index (κ1) is 16.1. The second-order valence-corrected chi connectivity index (χ2v) is 4.29. The van der Waals surface area contributed by atoms with Crippen LogP contribution in [0.1, 0.15) is 6.42 Å². The van der Waals surface area contributed by atoms with Gasteiger partial charge in [-0.1, -0.05) is 11.6 Å². The van der Waals surface area contributed by atoms with Crippen LogP contribution in [0, 0.1) is 0 Å². The van der Waals surface area contributed by atoms with Crippen LogP contribution < -0.4 is 20.5 Å².